The third-order valence-corrected chi connectivity index (χ3v) is 3.63. The van der Waals surface area contributed by atoms with Crippen molar-refractivity contribution in [1.29, 1.82) is 0 Å². The molecule has 0 aliphatic rings. The maximum Gasteiger partial charge on any atom is 0.336 e. The number of nitrogens with one attached hydrogen (secondary N) is 1. The van der Waals surface area contributed by atoms with Crippen LogP contribution in [-0.4, -0.2) is 30.1 Å². The number of aryl methyl sites for hydroxylation is 1. The lowest BCUT2D eigenvalue weighted by molar-refractivity contribution is -0.137. The smallest absolute Gasteiger partial charge is 0.336 e. The maximum atomic E-state index is 11.7. The Morgan fingerprint density at radius 2 is 2.08 bits per heavy atom. The third-order valence-electron chi connectivity index (χ3n) is 3.63. The monoisotopic (exact) mass is 347 g/mol. The number of hydrogen-bond donors (Lipinski definition) is 2. The van der Waals surface area contributed by atoms with Gasteiger partial charge in [-0.05, 0) is 30.5 Å². The van der Waals surface area contributed by atoms with E-state index >= 15 is 0 Å². The molecule has 7 heteroatoms. The fraction of sp³-hybridized carbons (Fsp3) is 0.389. The van der Waals surface area contributed by atoms with Crippen molar-refractivity contribution < 1.29 is 23.8 Å². The Hall–Kier alpha value is -2.83. The highest BCUT2D eigenvalue weighted by Gasteiger charge is 2.08. The minimum absolute atomic E-state index is 0.0465. The van der Waals surface area contributed by atoms with Crippen molar-refractivity contribution in [3.8, 4) is 5.75 Å². The van der Waals surface area contributed by atoms with Gasteiger partial charge in [0, 0.05) is 24.1 Å². The van der Waals surface area contributed by atoms with E-state index in [4.69, 9.17) is 14.3 Å². The van der Waals surface area contributed by atoms with E-state index in [1.807, 2.05) is 0 Å². The summed E-state index contributed by atoms with van der Waals surface area (Å²) in [5.74, 6) is -0.999. The average molecular weight is 347 g/mol. The molecule has 7 nitrogen and oxygen atoms in total. The molecule has 0 unspecified atom stereocenters. The molecule has 0 saturated carbocycles. The molecular weight excluding hydrogens is 326 g/mol. The summed E-state index contributed by atoms with van der Waals surface area (Å²) in [6, 6.07) is 6.61. The topological polar surface area (TPSA) is 106 Å². The average Bonchev–Trinajstić information content (AvgIpc) is 2.57. The van der Waals surface area contributed by atoms with Gasteiger partial charge in [-0.1, -0.05) is 13.3 Å². The lowest BCUT2D eigenvalue weighted by Gasteiger charge is -2.09. The zero-order chi connectivity index (χ0) is 18.2. The molecule has 134 valence electrons. The molecule has 0 aliphatic heterocycles. The van der Waals surface area contributed by atoms with E-state index < -0.39 is 17.5 Å². The van der Waals surface area contributed by atoms with Crippen LogP contribution in [-0.2, 0) is 16.0 Å². The molecule has 0 bridgehead atoms. The molecule has 1 amide bonds. The summed E-state index contributed by atoms with van der Waals surface area (Å²) in [5, 5.41) is 11.8. The molecule has 0 fully saturated rings. The SMILES string of the molecule is CCCCc1cc(=O)oc2cc(OCC(=O)NCCC(=O)O)ccc12. The number of carbonyl (C=O) groups excluding carboxylic acids is 1. The highest BCUT2D eigenvalue weighted by atomic mass is 16.5. The molecule has 0 radical (unpaired) electrons. The number of benzene rings is 1. The molecule has 25 heavy (non-hydrogen) atoms. The number of rotatable bonds is 9. The van der Waals surface area contributed by atoms with Gasteiger partial charge >= 0.3 is 11.6 Å². The fourth-order valence-corrected chi connectivity index (χ4v) is 2.38. The van der Waals surface area contributed by atoms with Crippen LogP contribution in [0, 0.1) is 0 Å². The van der Waals surface area contributed by atoms with Crippen LogP contribution >= 0.6 is 0 Å². The van der Waals surface area contributed by atoms with Gasteiger partial charge in [-0.25, -0.2) is 4.79 Å². The number of hydrogen-bond acceptors (Lipinski definition) is 5. The summed E-state index contributed by atoms with van der Waals surface area (Å²) >= 11 is 0. The van der Waals surface area contributed by atoms with Gasteiger partial charge in [0.05, 0.1) is 6.42 Å². The number of carboxylic acids is 1. The van der Waals surface area contributed by atoms with Crippen molar-refractivity contribution in [3.63, 3.8) is 0 Å². The molecule has 0 aliphatic carbocycles. The lowest BCUT2D eigenvalue weighted by atomic mass is 10.0. The van der Waals surface area contributed by atoms with Crippen LogP contribution in [0.2, 0.25) is 0 Å². The Kier molecular flexibility index (Phi) is 6.56. The number of amides is 1. The highest BCUT2D eigenvalue weighted by molar-refractivity contribution is 5.82. The molecule has 0 saturated heterocycles. The van der Waals surface area contributed by atoms with E-state index in [-0.39, 0.29) is 19.6 Å². The Labute approximate surface area is 144 Å². The van der Waals surface area contributed by atoms with E-state index in [9.17, 15) is 14.4 Å². The van der Waals surface area contributed by atoms with Gasteiger partial charge in [0.15, 0.2) is 6.61 Å². The van der Waals surface area contributed by atoms with E-state index in [2.05, 4.69) is 12.2 Å². The van der Waals surface area contributed by atoms with Gasteiger partial charge in [0.25, 0.3) is 5.91 Å². The molecule has 1 aromatic carbocycles. The van der Waals surface area contributed by atoms with E-state index in [1.165, 1.54) is 6.07 Å². The van der Waals surface area contributed by atoms with Gasteiger partial charge in [-0.15, -0.1) is 0 Å². The molecule has 2 N–H and O–H groups in total. The molecule has 2 rings (SSSR count). The number of fused-ring (bicyclic) bond motifs is 1. The Bertz CT molecular complexity index is 811. The Balaban J connectivity index is 2.04. The number of carboxylic acid groups (broad SMARTS) is 1. The number of unbranched alkanes of at least 4 members (excludes halogenated alkanes) is 1. The molecular formula is C18H21NO6. The quantitative estimate of drug-likeness (QED) is 0.673. The van der Waals surface area contributed by atoms with Crippen LogP contribution in [0.5, 0.6) is 5.75 Å². The van der Waals surface area contributed by atoms with Crippen molar-refractivity contribution in [1.82, 2.24) is 5.32 Å². The molecule has 1 aromatic heterocycles. The zero-order valence-corrected chi connectivity index (χ0v) is 14.0. The summed E-state index contributed by atoms with van der Waals surface area (Å²) in [5.41, 5.74) is 0.940. The number of aliphatic carboxylic acids is 1. The van der Waals surface area contributed by atoms with Crippen molar-refractivity contribution in [2.75, 3.05) is 13.2 Å². The minimum atomic E-state index is -0.982. The lowest BCUT2D eigenvalue weighted by Crippen LogP contribution is -2.30. The predicted molar refractivity (Wildman–Crippen MR) is 91.9 cm³/mol. The summed E-state index contributed by atoms with van der Waals surface area (Å²) < 4.78 is 10.6. The summed E-state index contributed by atoms with van der Waals surface area (Å²) in [6.45, 7) is 1.89. The first kappa shape index (κ1) is 18.5. The first-order valence-corrected chi connectivity index (χ1v) is 8.17. The van der Waals surface area contributed by atoms with Crippen molar-refractivity contribution in [3.05, 3.63) is 40.2 Å². The normalized spacial score (nSPS) is 10.6. The molecule has 0 atom stereocenters. The number of ether oxygens (including phenoxy) is 1. The molecule has 1 heterocycles. The van der Waals surface area contributed by atoms with Gasteiger partial charge < -0.3 is 19.6 Å². The van der Waals surface area contributed by atoms with Crippen molar-refractivity contribution in [2.24, 2.45) is 0 Å². The third kappa shape index (κ3) is 5.63. The van der Waals surface area contributed by atoms with E-state index in [0.717, 1.165) is 30.2 Å². The second-order valence-electron chi connectivity index (χ2n) is 5.63. The van der Waals surface area contributed by atoms with Gasteiger partial charge in [-0.3, -0.25) is 9.59 Å². The first-order chi connectivity index (χ1) is 12.0. The van der Waals surface area contributed by atoms with Crippen LogP contribution < -0.4 is 15.7 Å². The predicted octanol–water partition coefficient (Wildman–Crippen LogP) is 2.11. The second-order valence-corrected chi connectivity index (χ2v) is 5.63. The Morgan fingerprint density at radius 1 is 1.28 bits per heavy atom. The zero-order valence-electron chi connectivity index (χ0n) is 14.0. The summed E-state index contributed by atoms with van der Waals surface area (Å²) in [4.78, 5) is 33.7. The molecule has 2 aromatic rings. The first-order valence-electron chi connectivity index (χ1n) is 8.17. The van der Waals surface area contributed by atoms with Crippen molar-refractivity contribution in [2.45, 2.75) is 32.6 Å². The van der Waals surface area contributed by atoms with Crippen molar-refractivity contribution >= 4 is 22.8 Å². The Morgan fingerprint density at radius 3 is 2.80 bits per heavy atom. The van der Waals surface area contributed by atoms with Crippen LogP contribution in [0.3, 0.4) is 0 Å². The van der Waals surface area contributed by atoms with Gasteiger partial charge in [0.2, 0.25) is 0 Å². The van der Waals surface area contributed by atoms with Crippen LogP contribution in [0.1, 0.15) is 31.7 Å². The van der Waals surface area contributed by atoms with Gasteiger partial charge in [0.1, 0.15) is 11.3 Å². The largest absolute Gasteiger partial charge is 0.484 e. The van der Waals surface area contributed by atoms with Crippen LogP contribution in [0.4, 0.5) is 0 Å². The second kappa shape index (κ2) is 8.86. The summed E-state index contributed by atoms with van der Waals surface area (Å²) in [7, 11) is 0. The van der Waals surface area contributed by atoms with Crippen LogP contribution in [0.25, 0.3) is 11.0 Å². The molecule has 0 spiro atoms. The minimum Gasteiger partial charge on any atom is -0.484 e. The maximum absolute atomic E-state index is 11.7. The van der Waals surface area contributed by atoms with E-state index in [0.29, 0.717) is 11.3 Å². The summed E-state index contributed by atoms with van der Waals surface area (Å²) in [6.07, 6.45) is 2.66. The number of carbonyl (C=O) groups is 2. The van der Waals surface area contributed by atoms with Gasteiger partial charge in [-0.2, -0.15) is 0 Å². The van der Waals surface area contributed by atoms with Crippen LogP contribution in [0.15, 0.2) is 33.5 Å². The van der Waals surface area contributed by atoms with E-state index in [1.54, 1.807) is 18.2 Å². The standard InChI is InChI=1S/C18H21NO6/c1-2-3-4-12-9-18(23)25-15-10-13(5-6-14(12)15)24-11-16(20)19-8-7-17(21)22/h5-6,9-10H,2-4,7-8,11H2,1H3,(H,19,20)(H,21,22). The fourth-order valence-electron chi connectivity index (χ4n) is 2.38. The highest BCUT2D eigenvalue weighted by Crippen LogP contribution is 2.23.